The summed E-state index contributed by atoms with van der Waals surface area (Å²) in [6.45, 7) is 5.78. The number of aliphatic hydroxyl groups excluding tert-OH is 1. The van der Waals surface area contributed by atoms with E-state index in [9.17, 15) is 5.11 Å². The Morgan fingerprint density at radius 3 is 2.28 bits per heavy atom. The molecule has 3 atom stereocenters. The lowest BCUT2D eigenvalue weighted by molar-refractivity contribution is 0.186. The Hall–Kier alpha value is -0.930. The molecule has 2 aliphatic heterocycles. The summed E-state index contributed by atoms with van der Waals surface area (Å²) in [4.78, 5) is 0. The number of halogens is 1. The van der Waals surface area contributed by atoms with Crippen molar-refractivity contribution in [2.45, 2.75) is 51.9 Å². The number of fused-ring (bicyclic) bond motifs is 2. The van der Waals surface area contributed by atoms with Crippen LogP contribution in [-0.2, 0) is 12.8 Å². The summed E-state index contributed by atoms with van der Waals surface area (Å²) >= 11 is 6.42. The van der Waals surface area contributed by atoms with Gasteiger partial charge in [0.25, 0.3) is 0 Å². The molecule has 0 bridgehead atoms. The van der Waals surface area contributed by atoms with E-state index in [0.29, 0.717) is 5.02 Å². The summed E-state index contributed by atoms with van der Waals surface area (Å²) in [7, 11) is 0. The first-order valence-corrected chi connectivity index (χ1v) is 6.75. The molecule has 1 N–H and O–H groups in total. The van der Waals surface area contributed by atoms with Gasteiger partial charge in [-0.15, -0.1) is 0 Å². The lowest BCUT2D eigenvalue weighted by Gasteiger charge is -2.16. The minimum Gasteiger partial charge on any atom is -0.490 e. The molecule has 3 rings (SSSR count). The summed E-state index contributed by atoms with van der Waals surface area (Å²) in [6, 6.07) is 0. The van der Waals surface area contributed by atoms with Gasteiger partial charge in [0.15, 0.2) is 0 Å². The monoisotopic (exact) mass is 268 g/mol. The molecule has 0 aromatic heterocycles. The molecule has 1 aromatic rings. The van der Waals surface area contributed by atoms with E-state index >= 15 is 0 Å². The van der Waals surface area contributed by atoms with E-state index in [2.05, 4.69) is 0 Å². The second kappa shape index (κ2) is 4.04. The maximum Gasteiger partial charge on any atom is 0.142 e. The molecule has 0 spiro atoms. The lowest BCUT2D eigenvalue weighted by Crippen LogP contribution is -2.08. The second-order valence-electron chi connectivity index (χ2n) is 5.28. The van der Waals surface area contributed by atoms with Gasteiger partial charge < -0.3 is 14.6 Å². The molecule has 0 radical (unpaired) electrons. The van der Waals surface area contributed by atoms with Crippen LogP contribution in [0, 0.1) is 0 Å². The van der Waals surface area contributed by atoms with E-state index in [1.54, 1.807) is 6.92 Å². The molecule has 2 heterocycles. The van der Waals surface area contributed by atoms with Crippen molar-refractivity contribution in [3.05, 3.63) is 21.7 Å². The molecular formula is C14H17ClO3. The number of rotatable bonds is 1. The van der Waals surface area contributed by atoms with E-state index in [-0.39, 0.29) is 12.2 Å². The highest BCUT2D eigenvalue weighted by Gasteiger charge is 2.36. The highest BCUT2D eigenvalue weighted by Crippen LogP contribution is 2.50. The zero-order chi connectivity index (χ0) is 13.0. The van der Waals surface area contributed by atoms with Crippen molar-refractivity contribution in [2.75, 3.05) is 0 Å². The van der Waals surface area contributed by atoms with Crippen molar-refractivity contribution in [3.8, 4) is 11.5 Å². The van der Waals surface area contributed by atoms with Gasteiger partial charge in [-0.3, -0.25) is 0 Å². The number of aliphatic hydroxyl groups is 1. The third-order valence-electron chi connectivity index (χ3n) is 3.62. The molecule has 4 heteroatoms. The molecule has 18 heavy (non-hydrogen) atoms. The average Bonchev–Trinajstić information content (AvgIpc) is 2.81. The van der Waals surface area contributed by atoms with Crippen LogP contribution in [0.2, 0.25) is 5.02 Å². The zero-order valence-corrected chi connectivity index (χ0v) is 11.5. The van der Waals surface area contributed by atoms with E-state index < -0.39 is 6.10 Å². The van der Waals surface area contributed by atoms with Crippen molar-refractivity contribution in [2.24, 2.45) is 0 Å². The fourth-order valence-corrected chi connectivity index (χ4v) is 3.26. The lowest BCUT2D eigenvalue weighted by atomic mass is 9.95. The first-order valence-electron chi connectivity index (χ1n) is 6.37. The number of hydrogen-bond donors (Lipinski definition) is 1. The summed E-state index contributed by atoms with van der Waals surface area (Å²) in [5, 5.41) is 10.7. The summed E-state index contributed by atoms with van der Waals surface area (Å²) in [6.07, 6.45) is 1.20. The van der Waals surface area contributed by atoms with Crippen molar-refractivity contribution in [1.29, 1.82) is 0 Å². The van der Waals surface area contributed by atoms with Gasteiger partial charge in [0.1, 0.15) is 23.7 Å². The van der Waals surface area contributed by atoms with Crippen molar-refractivity contribution < 1.29 is 14.6 Å². The van der Waals surface area contributed by atoms with Gasteiger partial charge in [-0.25, -0.2) is 0 Å². The van der Waals surface area contributed by atoms with Crippen molar-refractivity contribution in [3.63, 3.8) is 0 Å². The van der Waals surface area contributed by atoms with E-state index in [1.807, 2.05) is 13.8 Å². The normalized spacial score (nSPS) is 26.3. The quantitative estimate of drug-likeness (QED) is 0.851. The van der Waals surface area contributed by atoms with E-state index in [4.69, 9.17) is 21.1 Å². The molecule has 0 fully saturated rings. The van der Waals surface area contributed by atoms with Gasteiger partial charge in [-0.05, 0) is 20.8 Å². The first-order chi connectivity index (χ1) is 8.49. The first kappa shape index (κ1) is 12.1. The van der Waals surface area contributed by atoms with Crippen LogP contribution in [-0.4, -0.2) is 17.3 Å². The second-order valence-corrected chi connectivity index (χ2v) is 5.66. The standard InChI is InChI=1S/C14H17ClO3/c1-6-4-9-11(8(3)16)13-10(5-7(2)17-13)12(15)14(9)18-6/h6-8,16H,4-5H2,1-3H3. The molecule has 1 aromatic carbocycles. The zero-order valence-electron chi connectivity index (χ0n) is 10.8. The Labute approximate surface area is 112 Å². The highest BCUT2D eigenvalue weighted by atomic mass is 35.5. The average molecular weight is 269 g/mol. The van der Waals surface area contributed by atoms with E-state index in [1.165, 1.54) is 0 Å². The maximum absolute atomic E-state index is 10.0. The fourth-order valence-electron chi connectivity index (χ4n) is 2.94. The van der Waals surface area contributed by atoms with Gasteiger partial charge in [-0.1, -0.05) is 11.6 Å². The van der Waals surface area contributed by atoms with Gasteiger partial charge in [0.05, 0.1) is 11.1 Å². The van der Waals surface area contributed by atoms with Crippen LogP contribution >= 0.6 is 11.6 Å². The van der Waals surface area contributed by atoms with Gasteiger partial charge in [0.2, 0.25) is 0 Å². The SMILES string of the molecule is CC1Cc2c(c(Cl)c3c(c2C(C)O)OC(C)C3)O1. The van der Waals surface area contributed by atoms with Crippen molar-refractivity contribution in [1.82, 2.24) is 0 Å². The largest absolute Gasteiger partial charge is 0.490 e. The van der Waals surface area contributed by atoms with Crippen LogP contribution in [0.1, 0.15) is 43.6 Å². The topological polar surface area (TPSA) is 38.7 Å². The molecule has 3 nitrogen and oxygen atoms in total. The third-order valence-corrected chi connectivity index (χ3v) is 4.02. The fraction of sp³-hybridized carbons (Fsp3) is 0.571. The molecule has 0 amide bonds. The molecule has 0 aliphatic carbocycles. The van der Waals surface area contributed by atoms with Crippen molar-refractivity contribution >= 4 is 11.6 Å². The predicted octanol–water partition coefficient (Wildman–Crippen LogP) is 3.04. The van der Waals surface area contributed by atoms with Gasteiger partial charge in [-0.2, -0.15) is 0 Å². The predicted molar refractivity (Wildman–Crippen MR) is 69.7 cm³/mol. The highest BCUT2D eigenvalue weighted by molar-refractivity contribution is 6.33. The Kier molecular flexibility index (Phi) is 2.72. The summed E-state index contributed by atoms with van der Waals surface area (Å²) < 4.78 is 11.6. The molecule has 98 valence electrons. The molecule has 0 saturated carbocycles. The van der Waals surface area contributed by atoms with Crippen LogP contribution in [0.25, 0.3) is 0 Å². The summed E-state index contributed by atoms with van der Waals surface area (Å²) in [5.41, 5.74) is 2.85. The minimum absolute atomic E-state index is 0.106. The number of hydrogen-bond acceptors (Lipinski definition) is 3. The number of benzene rings is 1. The van der Waals surface area contributed by atoms with Crippen LogP contribution in [0.5, 0.6) is 11.5 Å². The molecule has 0 saturated heterocycles. The summed E-state index contributed by atoms with van der Waals surface area (Å²) in [5.74, 6) is 1.52. The Bertz CT molecular complexity index is 471. The Morgan fingerprint density at radius 2 is 1.67 bits per heavy atom. The third kappa shape index (κ3) is 1.61. The Balaban J connectivity index is 2.26. The van der Waals surface area contributed by atoms with Crippen LogP contribution in [0.4, 0.5) is 0 Å². The number of ether oxygens (including phenoxy) is 2. The smallest absolute Gasteiger partial charge is 0.142 e. The molecule has 2 aliphatic rings. The minimum atomic E-state index is -0.566. The van der Waals surface area contributed by atoms with Crippen LogP contribution in [0.15, 0.2) is 0 Å². The van der Waals surface area contributed by atoms with Gasteiger partial charge >= 0.3 is 0 Å². The molecular weight excluding hydrogens is 252 g/mol. The van der Waals surface area contributed by atoms with Crippen LogP contribution < -0.4 is 9.47 Å². The molecule has 3 unspecified atom stereocenters. The van der Waals surface area contributed by atoms with Gasteiger partial charge in [0, 0.05) is 29.5 Å². The van der Waals surface area contributed by atoms with E-state index in [0.717, 1.165) is 41.0 Å². The maximum atomic E-state index is 10.0. The van der Waals surface area contributed by atoms with Crippen LogP contribution in [0.3, 0.4) is 0 Å². The Morgan fingerprint density at radius 1 is 1.11 bits per heavy atom.